The molecule has 1 aromatic heterocycles. The average Bonchev–Trinajstić information content (AvgIpc) is 2.79. The zero-order valence-electron chi connectivity index (χ0n) is 17.1. The number of ketones is 1. The molecule has 0 saturated carbocycles. The SMILES string of the molecule is Cc1cccc2c(Oc3ccccc3C=CC(=O)C=Cc3c(Cl)cccc3Cl)ncnc12. The molecular weight excluding hydrogens is 443 g/mol. The van der Waals surface area contributed by atoms with Crippen LogP contribution < -0.4 is 4.74 Å². The Morgan fingerprint density at radius 1 is 0.875 bits per heavy atom. The number of ether oxygens (including phenoxy) is 1. The highest BCUT2D eigenvalue weighted by molar-refractivity contribution is 6.37. The van der Waals surface area contributed by atoms with E-state index in [0.717, 1.165) is 22.0 Å². The zero-order chi connectivity index (χ0) is 22.5. The fraction of sp³-hybridized carbons (Fsp3) is 0.0385. The van der Waals surface area contributed by atoms with Gasteiger partial charge < -0.3 is 4.74 Å². The molecule has 4 nitrogen and oxygen atoms in total. The van der Waals surface area contributed by atoms with Crippen LogP contribution in [0.25, 0.3) is 23.1 Å². The quantitative estimate of drug-likeness (QED) is 0.282. The molecule has 0 N–H and O–H groups in total. The van der Waals surface area contributed by atoms with Gasteiger partial charge in [0.05, 0.1) is 10.9 Å². The second-order valence-corrected chi connectivity index (χ2v) is 7.81. The summed E-state index contributed by atoms with van der Waals surface area (Å²) in [6, 6.07) is 18.5. The van der Waals surface area contributed by atoms with E-state index < -0.39 is 0 Å². The molecule has 0 spiro atoms. The Morgan fingerprint density at radius 2 is 1.59 bits per heavy atom. The van der Waals surface area contributed by atoms with Crippen molar-refractivity contribution in [2.75, 3.05) is 0 Å². The van der Waals surface area contributed by atoms with Crippen LogP contribution in [0.15, 0.2) is 79.1 Å². The molecule has 3 aromatic carbocycles. The average molecular weight is 461 g/mol. The minimum Gasteiger partial charge on any atom is -0.438 e. The second-order valence-electron chi connectivity index (χ2n) is 6.99. The minimum atomic E-state index is -0.209. The van der Waals surface area contributed by atoms with Gasteiger partial charge in [-0.3, -0.25) is 4.79 Å². The third-order valence-corrected chi connectivity index (χ3v) is 5.46. The Bertz CT molecular complexity index is 1340. The Labute approximate surface area is 195 Å². The predicted molar refractivity (Wildman–Crippen MR) is 130 cm³/mol. The summed E-state index contributed by atoms with van der Waals surface area (Å²) in [6.45, 7) is 1.99. The van der Waals surface area contributed by atoms with E-state index in [2.05, 4.69) is 9.97 Å². The number of hydrogen-bond acceptors (Lipinski definition) is 4. The number of allylic oxidation sites excluding steroid dienone is 2. The Hall–Kier alpha value is -3.47. The highest BCUT2D eigenvalue weighted by atomic mass is 35.5. The first-order valence-electron chi connectivity index (χ1n) is 9.84. The second kappa shape index (κ2) is 9.77. The molecular formula is C26H18Cl2N2O2. The number of aromatic nitrogens is 2. The van der Waals surface area contributed by atoms with E-state index >= 15 is 0 Å². The fourth-order valence-electron chi connectivity index (χ4n) is 3.17. The monoisotopic (exact) mass is 460 g/mol. The van der Waals surface area contributed by atoms with E-state index in [0.29, 0.717) is 27.2 Å². The van der Waals surface area contributed by atoms with Crippen molar-refractivity contribution in [3.8, 4) is 11.6 Å². The molecule has 0 aliphatic rings. The minimum absolute atomic E-state index is 0.209. The number of aryl methyl sites for hydroxylation is 1. The molecule has 0 radical (unpaired) electrons. The van der Waals surface area contributed by atoms with Crippen molar-refractivity contribution in [2.45, 2.75) is 6.92 Å². The van der Waals surface area contributed by atoms with E-state index in [4.69, 9.17) is 27.9 Å². The third-order valence-electron chi connectivity index (χ3n) is 4.80. The summed E-state index contributed by atoms with van der Waals surface area (Å²) in [5.41, 5.74) is 3.22. The number of hydrogen-bond donors (Lipinski definition) is 0. The number of carbonyl (C=O) groups excluding carboxylic acids is 1. The summed E-state index contributed by atoms with van der Waals surface area (Å²) < 4.78 is 6.10. The summed E-state index contributed by atoms with van der Waals surface area (Å²) in [5, 5.41) is 1.79. The molecule has 158 valence electrons. The summed E-state index contributed by atoms with van der Waals surface area (Å²) in [7, 11) is 0. The Morgan fingerprint density at radius 3 is 2.41 bits per heavy atom. The summed E-state index contributed by atoms with van der Waals surface area (Å²) in [4.78, 5) is 21.0. The third kappa shape index (κ3) is 4.88. The number of rotatable bonds is 6. The molecule has 0 aliphatic heterocycles. The van der Waals surface area contributed by atoms with Crippen LogP contribution in [0.4, 0.5) is 0 Å². The van der Waals surface area contributed by atoms with Crippen LogP contribution in [0.5, 0.6) is 11.6 Å². The maximum absolute atomic E-state index is 12.4. The van der Waals surface area contributed by atoms with Gasteiger partial charge in [0, 0.05) is 21.2 Å². The van der Waals surface area contributed by atoms with E-state index in [1.54, 1.807) is 30.4 Å². The van der Waals surface area contributed by atoms with Gasteiger partial charge in [-0.2, -0.15) is 0 Å². The molecule has 6 heteroatoms. The van der Waals surface area contributed by atoms with Crippen molar-refractivity contribution >= 4 is 52.0 Å². The van der Waals surface area contributed by atoms with Gasteiger partial charge in [-0.05, 0) is 61.1 Å². The number of para-hydroxylation sites is 2. The topological polar surface area (TPSA) is 52.1 Å². The molecule has 0 aliphatic carbocycles. The van der Waals surface area contributed by atoms with E-state index in [-0.39, 0.29) is 5.78 Å². The number of nitrogens with zero attached hydrogens (tertiary/aromatic N) is 2. The standard InChI is InChI=1S/C26H18Cl2N2O2/c1-17-6-4-8-21-25(17)29-16-30-26(21)32-24-11-3-2-7-18(24)12-13-19(31)14-15-20-22(27)9-5-10-23(20)28/h2-16H,1H3. The predicted octanol–water partition coefficient (Wildman–Crippen LogP) is 7.33. The number of fused-ring (bicyclic) bond motifs is 1. The van der Waals surface area contributed by atoms with Gasteiger partial charge in [0.25, 0.3) is 0 Å². The summed E-state index contributed by atoms with van der Waals surface area (Å²) >= 11 is 12.3. The van der Waals surface area contributed by atoms with E-state index in [1.165, 1.54) is 18.5 Å². The van der Waals surface area contributed by atoms with Gasteiger partial charge in [0.2, 0.25) is 5.88 Å². The number of halogens is 2. The maximum Gasteiger partial charge on any atom is 0.230 e. The van der Waals surface area contributed by atoms with Crippen molar-refractivity contribution in [3.63, 3.8) is 0 Å². The number of benzene rings is 3. The zero-order valence-corrected chi connectivity index (χ0v) is 18.6. The molecule has 0 amide bonds. The lowest BCUT2D eigenvalue weighted by atomic mass is 10.1. The largest absolute Gasteiger partial charge is 0.438 e. The van der Waals surface area contributed by atoms with Gasteiger partial charge >= 0.3 is 0 Å². The highest BCUT2D eigenvalue weighted by Gasteiger charge is 2.09. The Balaban J connectivity index is 1.57. The van der Waals surface area contributed by atoms with E-state index in [1.807, 2.05) is 49.4 Å². The molecule has 4 rings (SSSR count). The van der Waals surface area contributed by atoms with Crippen molar-refractivity contribution in [3.05, 3.63) is 106 Å². The number of carbonyl (C=O) groups is 1. The Kier molecular flexibility index (Phi) is 6.64. The molecule has 0 unspecified atom stereocenters. The lowest BCUT2D eigenvalue weighted by Crippen LogP contribution is -1.94. The normalized spacial score (nSPS) is 11.5. The summed E-state index contributed by atoms with van der Waals surface area (Å²) in [6.07, 6.45) is 7.68. The van der Waals surface area contributed by atoms with Gasteiger partial charge in [-0.1, -0.05) is 59.6 Å². The van der Waals surface area contributed by atoms with Crippen LogP contribution in [0.1, 0.15) is 16.7 Å². The van der Waals surface area contributed by atoms with Gasteiger partial charge in [-0.25, -0.2) is 9.97 Å². The molecule has 0 fully saturated rings. The van der Waals surface area contributed by atoms with Crippen LogP contribution >= 0.6 is 23.2 Å². The smallest absolute Gasteiger partial charge is 0.230 e. The van der Waals surface area contributed by atoms with Crippen molar-refractivity contribution < 1.29 is 9.53 Å². The first kappa shape index (κ1) is 21.8. The van der Waals surface area contributed by atoms with E-state index in [9.17, 15) is 4.79 Å². The van der Waals surface area contributed by atoms with Gasteiger partial charge in [0.1, 0.15) is 12.1 Å². The fourth-order valence-corrected chi connectivity index (χ4v) is 3.69. The first-order valence-corrected chi connectivity index (χ1v) is 10.6. The van der Waals surface area contributed by atoms with Crippen LogP contribution in [0.2, 0.25) is 10.0 Å². The van der Waals surface area contributed by atoms with Crippen LogP contribution in [0, 0.1) is 6.92 Å². The van der Waals surface area contributed by atoms with Crippen LogP contribution in [0.3, 0.4) is 0 Å². The van der Waals surface area contributed by atoms with Gasteiger partial charge in [0.15, 0.2) is 5.78 Å². The molecule has 0 atom stereocenters. The van der Waals surface area contributed by atoms with Crippen molar-refractivity contribution in [1.29, 1.82) is 0 Å². The van der Waals surface area contributed by atoms with Crippen LogP contribution in [-0.2, 0) is 4.79 Å². The molecule has 0 saturated heterocycles. The van der Waals surface area contributed by atoms with Crippen molar-refractivity contribution in [2.24, 2.45) is 0 Å². The van der Waals surface area contributed by atoms with Crippen molar-refractivity contribution in [1.82, 2.24) is 9.97 Å². The molecule has 1 heterocycles. The first-order chi connectivity index (χ1) is 15.5. The molecule has 4 aromatic rings. The molecule has 0 bridgehead atoms. The highest BCUT2D eigenvalue weighted by Crippen LogP contribution is 2.30. The lowest BCUT2D eigenvalue weighted by Gasteiger charge is -2.10. The summed E-state index contributed by atoms with van der Waals surface area (Å²) in [5.74, 6) is 0.828. The maximum atomic E-state index is 12.4. The van der Waals surface area contributed by atoms with Crippen LogP contribution in [-0.4, -0.2) is 15.8 Å². The van der Waals surface area contributed by atoms with Gasteiger partial charge in [-0.15, -0.1) is 0 Å². The lowest BCUT2D eigenvalue weighted by molar-refractivity contribution is -0.110. The molecule has 32 heavy (non-hydrogen) atoms.